The van der Waals surface area contributed by atoms with Crippen molar-refractivity contribution in [2.24, 2.45) is 7.05 Å². The zero-order valence-corrected chi connectivity index (χ0v) is 11.8. The van der Waals surface area contributed by atoms with Crippen molar-refractivity contribution in [3.05, 3.63) is 58.9 Å². The number of hydrogen-bond acceptors (Lipinski definition) is 4. The van der Waals surface area contributed by atoms with E-state index >= 15 is 0 Å². The fourth-order valence-electron chi connectivity index (χ4n) is 1.99. The van der Waals surface area contributed by atoms with Crippen LogP contribution in [0.3, 0.4) is 0 Å². The maximum absolute atomic E-state index is 11.9. The molecule has 0 radical (unpaired) electrons. The lowest BCUT2D eigenvalue weighted by Crippen LogP contribution is -2.09. The number of aldehydes is 1. The van der Waals surface area contributed by atoms with E-state index in [9.17, 15) is 14.4 Å². The maximum atomic E-state index is 11.9. The minimum atomic E-state index is -0.571. The second kappa shape index (κ2) is 6.17. The molecule has 5 heteroatoms. The van der Waals surface area contributed by atoms with Gasteiger partial charge in [0.05, 0.1) is 0 Å². The van der Waals surface area contributed by atoms with Crippen molar-refractivity contribution >= 4 is 18.0 Å². The quantitative estimate of drug-likeness (QED) is 0.365. The van der Waals surface area contributed by atoms with Crippen molar-refractivity contribution in [2.45, 2.75) is 13.5 Å². The van der Waals surface area contributed by atoms with Gasteiger partial charge in [0.2, 0.25) is 5.78 Å². The molecule has 1 aromatic carbocycles. The van der Waals surface area contributed by atoms with Crippen molar-refractivity contribution in [2.75, 3.05) is 0 Å². The van der Waals surface area contributed by atoms with Crippen molar-refractivity contribution in [1.82, 2.24) is 4.57 Å². The summed E-state index contributed by atoms with van der Waals surface area (Å²) in [7, 11) is 1.78. The Hall–Kier alpha value is -2.69. The molecule has 1 aromatic heterocycles. The Bertz CT molecular complexity index is 683. The summed E-state index contributed by atoms with van der Waals surface area (Å²) in [4.78, 5) is 33.5. The molecule has 2 rings (SSSR count). The van der Waals surface area contributed by atoms with Gasteiger partial charge in [-0.15, -0.1) is 0 Å². The first-order chi connectivity index (χ1) is 10.0. The van der Waals surface area contributed by atoms with Crippen LogP contribution in [-0.4, -0.2) is 22.6 Å². The summed E-state index contributed by atoms with van der Waals surface area (Å²) < 4.78 is 6.93. The molecule has 0 aliphatic carbocycles. The van der Waals surface area contributed by atoms with Crippen molar-refractivity contribution < 1.29 is 19.1 Å². The second-order valence-corrected chi connectivity index (χ2v) is 4.77. The molecule has 0 unspecified atom stereocenters. The fraction of sp³-hybridized carbons (Fsp3) is 0.188. The largest absolute Gasteiger partial charge is 0.456 e. The molecule has 0 saturated carbocycles. The third kappa shape index (κ3) is 3.45. The molecule has 0 fully saturated rings. The fourth-order valence-corrected chi connectivity index (χ4v) is 1.99. The van der Waals surface area contributed by atoms with Crippen LogP contribution in [0.2, 0.25) is 0 Å². The molecule has 0 amide bonds. The maximum Gasteiger partial charge on any atom is 0.355 e. The summed E-state index contributed by atoms with van der Waals surface area (Å²) in [5.41, 5.74) is 2.54. The molecule has 0 spiro atoms. The summed E-state index contributed by atoms with van der Waals surface area (Å²) in [5.74, 6) is -0.975. The summed E-state index contributed by atoms with van der Waals surface area (Å²) in [6.45, 7) is 2.01. The summed E-state index contributed by atoms with van der Waals surface area (Å²) in [6.07, 6.45) is 2.11. The van der Waals surface area contributed by atoms with E-state index in [2.05, 4.69) is 0 Å². The van der Waals surface area contributed by atoms with E-state index in [1.165, 1.54) is 12.1 Å². The van der Waals surface area contributed by atoms with Gasteiger partial charge in [0.25, 0.3) is 0 Å². The molecule has 21 heavy (non-hydrogen) atoms. The average Bonchev–Trinajstić information content (AvgIpc) is 2.83. The highest BCUT2D eigenvalue weighted by molar-refractivity contribution is 6.33. The number of benzene rings is 1. The van der Waals surface area contributed by atoms with Crippen LogP contribution in [0.15, 0.2) is 36.5 Å². The van der Waals surface area contributed by atoms with Crippen LogP contribution >= 0.6 is 0 Å². The van der Waals surface area contributed by atoms with Gasteiger partial charge in [-0.25, -0.2) is 4.79 Å². The number of carbonyl (C=O) groups excluding carboxylic acids is 3. The van der Waals surface area contributed by atoms with Crippen molar-refractivity contribution in [3.8, 4) is 0 Å². The zero-order valence-electron chi connectivity index (χ0n) is 11.8. The van der Waals surface area contributed by atoms with Gasteiger partial charge in [0.1, 0.15) is 12.3 Å². The highest BCUT2D eigenvalue weighted by atomic mass is 16.5. The van der Waals surface area contributed by atoms with Crippen LogP contribution < -0.4 is 0 Å². The molecule has 0 N–H and O–H groups in total. The Morgan fingerprint density at radius 3 is 2.43 bits per heavy atom. The number of Topliss-reactive ketones (excluding diaryl/α,β-unsaturated/α-hetero) is 1. The first kappa shape index (κ1) is 14.7. The van der Waals surface area contributed by atoms with Crippen LogP contribution in [0, 0.1) is 6.92 Å². The number of ether oxygens (including phenoxy) is 1. The monoisotopic (exact) mass is 285 g/mol. The van der Waals surface area contributed by atoms with E-state index in [1.807, 2.05) is 13.1 Å². The number of carbonyl (C=O) groups is 3. The average molecular weight is 285 g/mol. The van der Waals surface area contributed by atoms with E-state index in [1.54, 1.807) is 29.8 Å². The zero-order chi connectivity index (χ0) is 15.4. The lowest BCUT2D eigenvalue weighted by atomic mass is 10.1. The van der Waals surface area contributed by atoms with Crippen LogP contribution in [0.4, 0.5) is 0 Å². The van der Waals surface area contributed by atoms with Gasteiger partial charge in [-0.2, -0.15) is 0 Å². The first-order valence-corrected chi connectivity index (χ1v) is 6.40. The standard InChI is InChI=1S/C16H15NO4/c1-11-7-14(17(2)8-11)16(20)21-10-12-3-5-13(6-4-12)15(19)9-18/h3-9H,10H2,1-2H3. The van der Waals surface area contributed by atoms with Crippen LogP contribution in [0.1, 0.15) is 32.0 Å². The molecule has 0 saturated heterocycles. The smallest absolute Gasteiger partial charge is 0.355 e. The molecular weight excluding hydrogens is 270 g/mol. The number of hydrogen-bond donors (Lipinski definition) is 0. The Morgan fingerprint density at radius 2 is 1.90 bits per heavy atom. The molecule has 0 aliphatic heterocycles. The lowest BCUT2D eigenvalue weighted by Gasteiger charge is -2.06. The number of nitrogens with zero attached hydrogens (tertiary/aromatic N) is 1. The van der Waals surface area contributed by atoms with Gasteiger partial charge in [-0.3, -0.25) is 9.59 Å². The molecule has 108 valence electrons. The number of ketones is 1. The van der Waals surface area contributed by atoms with Crippen LogP contribution in [0.5, 0.6) is 0 Å². The Kier molecular flexibility index (Phi) is 4.33. The SMILES string of the molecule is Cc1cc(C(=O)OCc2ccc(C(=O)C=O)cc2)n(C)c1. The molecular formula is C16H15NO4. The minimum absolute atomic E-state index is 0.110. The first-order valence-electron chi connectivity index (χ1n) is 6.40. The third-order valence-corrected chi connectivity index (χ3v) is 3.07. The van der Waals surface area contributed by atoms with Gasteiger partial charge in [-0.05, 0) is 24.1 Å². The van der Waals surface area contributed by atoms with E-state index < -0.39 is 11.8 Å². The van der Waals surface area contributed by atoms with Crippen LogP contribution in [-0.2, 0) is 23.2 Å². The van der Waals surface area contributed by atoms with E-state index in [0.717, 1.165) is 11.1 Å². The topological polar surface area (TPSA) is 65.4 Å². The molecule has 2 aromatic rings. The van der Waals surface area contributed by atoms with Crippen molar-refractivity contribution in [3.63, 3.8) is 0 Å². The lowest BCUT2D eigenvalue weighted by molar-refractivity contribution is -0.104. The predicted molar refractivity (Wildman–Crippen MR) is 76.1 cm³/mol. The Balaban J connectivity index is 2.00. The number of aromatic nitrogens is 1. The number of esters is 1. The molecule has 1 heterocycles. The Morgan fingerprint density at radius 1 is 1.24 bits per heavy atom. The van der Waals surface area contributed by atoms with E-state index in [-0.39, 0.29) is 12.9 Å². The third-order valence-electron chi connectivity index (χ3n) is 3.07. The molecule has 5 nitrogen and oxygen atoms in total. The molecule has 0 aliphatic rings. The highest BCUT2D eigenvalue weighted by Gasteiger charge is 2.12. The number of rotatable bonds is 5. The van der Waals surface area contributed by atoms with Gasteiger partial charge < -0.3 is 9.30 Å². The van der Waals surface area contributed by atoms with E-state index in [0.29, 0.717) is 11.3 Å². The molecule has 0 bridgehead atoms. The summed E-state index contributed by atoms with van der Waals surface area (Å²) >= 11 is 0. The highest BCUT2D eigenvalue weighted by Crippen LogP contribution is 2.10. The van der Waals surface area contributed by atoms with Crippen molar-refractivity contribution in [1.29, 1.82) is 0 Å². The van der Waals surface area contributed by atoms with Gasteiger partial charge in [0, 0.05) is 18.8 Å². The predicted octanol–water partition coefficient (Wildman–Crippen LogP) is 2.07. The van der Waals surface area contributed by atoms with Gasteiger partial charge in [0.15, 0.2) is 6.29 Å². The summed E-state index contributed by atoms with van der Waals surface area (Å²) in [6, 6.07) is 8.13. The number of aryl methyl sites for hydroxylation is 2. The minimum Gasteiger partial charge on any atom is -0.456 e. The Labute approximate surface area is 122 Å². The molecule has 0 atom stereocenters. The van der Waals surface area contributed by atoms with E-state index in [4.69, 9.17) is 4.74 Å². The van der Waals surface area contributed by atoms with Crippen LogP contribution in [0.25, 0.3) is 0 Å². The second-order valence-electron chi connectivity index (χ2n) is 4.77. The summed E-state index contributed by atoms with van der Waals surface area (Å²) in [5, 5.41) is 0. The van der Waals surface area contributed by atoms with Gasteiger partial charge >= 0.3 is 5.97 Å². The normalized spacial score (nSPS) is 10.2. The van der Waals surface area contributed by atoms with Gasteiger partial charge in [-0.1, -0.05) is 24.3 Å².